The van der Waals surface area contributed by atoms with E-state index in [4.69, 9.17) is 16.3 Å². The number of halogens is 1. The summed E-state index contributed by atoms with van der Waals surface area (Å²) in [7, 11) is 0. The van der Waals surface area contributed by atoms with E-state index >= 15 is 0 Å². The van der Waals surface area contributed by atoms with Crippen LogP contribution in [0.4, 0.5) is 0 Å². The predicted molar refractivity (Wildman–Crippen MR) is 78.6 cm³/mol. The van der Waals surface area contributed by atoms with Crippen LogP contribution in [0.2, 0.25) is 5.02 Å². The number of hydrogen-bond donors (Lipinski definition) is 0. The third-order valence-corrected chi connectivity index (χ3v) is 4.06. The minimum Gasteiger partial charge on any atom is -0.381 e. The third-order valence-electron chi connectivity index (χ3n) is 3.76. The first-order valence-corrected chi connectivity index (χ1v) is 7.41. The molecule has 0 spiro atoms. The Morgan fingerprint density at radius 2 is 2.35 bits per heavy atom. The Labute approximate surface area is 123 Å². The number of aryl methyl sites for hydroxylation is 1. The number of hydrogen-bond acceptors (Lipinski definition) is 3. The smallest absolute Gasteiger partial charge is 0.141 e. The summed E-state index contributed by atoms with van der Waals surface area (Å²) >= 11 is 6.20. The molecule has 20 heavy (non-hydrogen) atoms. The molecule has 0 saturated carbocycles. The van der Waals surface area contributed by atoms with Gasteiger partial charge >= 0.3 is 0 Å². The lowest BCUT2D eigenvalue weighted by atomic mass is 9.99. The molecule has 5 heteroatoms. The fourth-order valence-electron chi connectivity index (χ4n) is 2.65. The van der Waals surface area contributed by atoms with Crippen LogP contribution in [0.3, 0.4) is 0 Å². The maximum atomic E-state index is 6.20. The average molecular weight is 292 g/mol. The first kappa shape index (κ1) is 13.6. The van der Waals surface area contributed by atoms with E-state index in [1.807, 2.05) is 18.5 Å². The van der Waals surface area contributed by atoms with Gasteiger partial charge in [0.1, 0.15) is 5.82 Å². The molecule has 4 nitrogen and oxygen atoms in total. The summed E-state index contributed by atoms with van der Waals surface area (Å²) in [5, 5.41) is 0.640. The van der Waals surface area contributed by atoms with Crippen molar-refractivity contribution in [1.82, 2.24) is 14.5 Å². The van der Waals surface area contributed by atoms with Gasteiger partial charge in [-0.3, -0.25) is 4.98 Å². The quantitative estimate of drug-likeness (QED) is 0.866. The Bertz CT molecular complexity index is 564. The minimum absolute atomic E-state index is 0.640. The second-order valence-corrected chi connectivity index (χ2v) is 5.58. The molecule has 1 aliphatic rings. The molecule has 0 aliphatic carbocycles. The van der Waals surface area contributed by atoms with E-state index in [1.165, 1.54) is 12.8 Å². The fraction of sp³-hybridized carbons (Fsp3) is 0.467. The van der Waals surface area contributed by atoms with Crippen LogP contribution < -0.4 is 0 Å². The van der Waals surface area contributed by atoms with Gasteiger partial charge in [-0.25, -0.2) is 4.98 Å². The largest absolute Gasteiger partial charge is 0.381 e. The van der Waals surface area contributed by atoms with E-state index in [-0.39, 0.29) is 0 Å². The van der Waals surface area contributed by atoms with E-state index in [1.54, 1.807) is 12.4 Å². The van der Waals surface area contributed by atoms with Gasteiger partial charge < -0.3 is 9.30 Å². The van der Waals surface area contributed by atoms with Crippen molar-refractivity contribution in [1.29, 1.82) is 0 Å². The van der Waals surface area contributed by atoms with Crippen molar-refractivity contribution in [3.05, 3.63) is 35.9 Å². The van der Waals surface area contributed by atoms with Crippen molar-refractivity contribution in [3.8, 4) is 11.4 Å². The van der Waals surface area contributed by atoms with Crippen molar-refractivity contribution in [2.24, 2.45) is 5.92 Å². The Morgan fingerprint density at radius 3 is 3.15 bits per heavy atom. The van der Waals surface area contributed by atoms with Gasteiger partial charge in [-0.15, -0.1) is 0 Å². The fourth-order valence-corrected chi connectivity index (χ4v) is 2.85. The highest BCUT2D eigenvalue weighted by molar-refractivity contribution is 6.33. The van der Waals surface area contributed by atoms with Crippen LogP contribution in [-0.2, 0) is 11.3 Å². The van der Waals surface area contributed by atoms with Crippen molar-refractivity contribution in [2.75, 3.05) is 13.2 Å². The standard InChI is InChI=1S/C15H18ClN3O/c16-14-10-17-5-3-13(14)15-18-6-8-19(15)7-4-12-2-1-9-20-11-12/h3,5-6,8,10,12H,1-2,4,7,9,11H2. The zero-order chi connectivity index (χ0) is 13.8. The highest BCUT2D eigenvalue weighted by Gasteiger charge is 2.15. The van der Waals surface area contributed by atoms with Gasteiger partial charge in [-0.05, 0) is 31.2 Å². The second kappa shape index (κ2) is 6.37. The minimum atomic E-state index is 0.640. The number of nitrogens with zero attached hydrogens (tertiary/aromatic N) is 3. The molecule has 1 unspecified atom stereocenters. The Kier molecular flexibility index (Phi) is 4.33. The van der Waals surface area contributed by atoms with Crippen molar-refractivity contribution < 1.29 is 4.74 Å². The first-order chi connectivity index (χ1) is 9.84. The Hall–Kier alpha value is -1.39. The summed E-state index contributed by atoms with van der Waals surface area (Å²) in [5.74, 6) is 1.57. The lowest BCUT2D eigenvalue weighted by Gasteiger charge is -2.22. The van der Waals surface area contributed by atoms with Gasteiger partial charge in [0.2, 0.25) is 0 Å². The summed E-state index contributed by atoms with van der Waals surface area (Å²) in [6.07, 6.45) is 10.8. The Morgan fingerprint density at radius 1 is 1.40 bits per heavy atom. The molecule has 1 atom stereocenters. The zero-order valence-corrected chi connectivity index (χ0v) is 12.1. The third kappa shape index (κ3) is 3.02. The highest BCUT2D eigenvalue weighted by Crippen LogP contribution is 2.26. The van der Waals surface area contributed by atoms with E-state index in [9.17, 15) is 0 Å². The molecule has 3 heterocycles. The number of imidazole rings is 1. The van der Waals surface area contributed by atoms with Gasteiger partial charge in [-0.2, -0.15) is 0 Å². The molecule has 1 saturated heterocycles. The van der Waals surface area contributed by atoms with Crippen LogP contribution in [-0.4, -0.2) is 27.7 Å². The molecule has 2 aromatic rings. The van der Waals surface area contributed by atoms with Crippen LogP contribution in [0, 0.1) is 5.92 Å². The normalized spacial score (nSPS) is 19.1. The zero-order valence-electron chi connectivity index (χ0n) is 11.3. The SMILES string of the molecule is Clc1cnccc1-c1nccn1CCC1CCCOC1. The van der Waals surface area contributed by atoms with E-state index in [2.05, 4.69) is 14.5 Å². The summed E-state index contributed by atoms with van der Waals surface area (Å²) in [6, 6.07) is 1.91. The van der Waals surface area contributed by atoms with Crippen LogP contribution in [0.15, 0.2) is 30.9 Å². The van der Waals surface area contributed by atoms with Gasteiger partial charge in [0.05, 0.1) is 5.02 Å². The summed E-state index contributed by atoms with van der Waals surface area (Å²) in [5.41, 5.74) is 0.937. The monoisotopic (exact) mass is 291 g/mol. The molecular formula is C15H18ClN3O. The molecule has 3 rings (SSSR count). The molecule has 0 radical (unpaired) electrons. The van der Waals surface area contributed by atoms with Crippen molar-refractivity contribution in [3.63, 3.8) is 0 Å². The summed E-state index contributed by atoms with van der Waals surface area (Å²) < 4.78 is 7.69. The van der Waals surface area contributed by atoms with Gasteiger partial charge in [0, 0.05) is 50.1 Å². The van der Waals surface area contributed by atoms with E-state index in [0.717, 1.165) is 37.6 Å². The number of aromatic nitrogens is 3. The second-order valence-electron chi connectivity index (χ2n) is 5.17. The molecular weight excluding hydrogens is 274 g/mol. The number of rotatable bonds is 4. The highest BCUT2D eigenvalue weighted by atomic mass is 35.5. The Balaban J connectivity index is 1.72. The molecule has 0 amide bonds. The van der Waals surface area contributed by atoms with Gasteiger partial charge in [-0.1, -0.05) is 11.6 Å². The van der Waals surface area contributed by atoms with E-state index < -0.39 is 0 Å². The first-order valence-electron chi connectivity index (χ1n) is 7.03. The van der Waals surface area contributed by atoms with Crippen LogP contribution >= 0.6 is 11.6 Å². The van der Waals surface area contributed by atoms with Gasteiger partial charge in [0.15, 0.2) is 0 Å². The van der Waals surface area contributed by atoms with Crippen LogP contribution in [0.25, 0.3) is 11.4 Å². The lowest BCUT2D eigenvalue weighted by molar-refractivity contribution is 0.0501. The topological polar surface area (TPSA) is 39.9 Å². The van der Waals surface area contributed by atoms with Crippen molar-refractivity contribution in [2.45, 2.75) is 25.8 Å². The molecule has 1 aliphatic heterocycles. The van der Waals surface area contributed by atoms with Crippen LogP contribution in [0.1, 0.15) is 19.3 Å². The molecule has 2 aromatic heterocycles. The average Bonchev–Trinajstić information content (AvgIpc) is 2.95. The molecule has 1 fully saturated rings. The van der Waals surface area contributed by atoms with Crippen LogP contribution in [0.5, 0.6) is 0 Å². The lowest BCUT2D eigenvalue weighted by Crippen LogP contribution is -2.19. The maximum absolute atomic E-state index is 6.20. The van der Waals surface area contributed by atoms with E-state index in [0.29, 0.717) is 10.9 Å². The molecule has 106 valence electrons. The van der Waals surface area contributed by atoms with Crippen molar-refractivity contribution >= 4 is 11.6 Å². The summed E-state index contributed by atoms with van der Waals surface area (Å²) in [6.45, 7) is 2.75. The molecule has 0 N–H and O–H groups in total. The maximum Gasteiger partial charge on any atom is 0.141 e. The predicted octanol–water partition coefficient (Wildman–Crippen LogP) is 3.42. The molecule has 0 bridgehead atoms. The number of pyridine rings is 1. The van der Waals surface area contributed by atoms with Gasteiger partial charge in [0.25, 0.3) is 0 Å². The number of ether oxygens (including phenoxy) is 1. The molecule has 0 aromatic carbocycles. The summed E-state index contributed by atoms with van der Waals surface area (Å²) in [4.78, 5) is 8.45.